The summed E-state index contributed by atoms with van der Waals surface area (Å²) in [5.74, 6) is 2.51. The van der Waals surface area contributed by atoms with Crippen molar-refractivity contribution in [2.24, 2.45) is 12.0 Å². The van der Waals surface area contributed by atoms with E-state index in [2.05, 4.69) is 46.6 Å². The Bertz CT molecular complexity index is 892. The van der Waals surface area contributed by atoms with Crippen molar-refractivity contribution in [3.8, 4) is 11.5 Å². The predicted molar refractivity (Wildman–Crippen MR) is 139 cm³/mol. The Balaban J connectivity index is 0.00000363. The number of ether oxygens (including phenoxy) is 2. The molecule has 0 aliphatic carbocycles. The third-order valence-electron chi connectivity index (χ3n) is 5.83. The smallest absolute Gasteiger partial charge is 0.191 e. The van der Waals surface area contributed by atoms with E-state index in [1.165, 1.54) is 11.1 Å². The topological polar surface area (TPSA) is 75.9 Å². The van der Waals surface area contributed by atoms with Crippen molar-refractivity contribution in [3.05, 3.63) is 40.7 Å². The Morgan fingerprint density at radius 3 is 2.44 bits per heavy atom. The Morgan fingerprint density at radius 2 is 1.88 bits per heavy atom. The molecule has 1 saturated heterocycles. The van der Waals surface area contributed by atoms with Crippen molar-refractivity contribution in [1.82, 2.24) is 25.3 Å². The molecule has 0 spiro atoms. The quantitative estimate of drug-likeness (QED) is 0.296. The molecule has 0 amide bonds. The van der Waals surface area contributed by atoms with Gasteiger partial charge in [-0.25, -0.2) is 4.99 Å². The van der Waals surface area contributed by atoms with E-state index in [-0.39, 0.29) is 24.0 Å². The van der Waals surface area contributed by atoms with Crippen molar-refractivity contribution in [2.45, 2.75) is 46.3 Å². The number of aliphatic imine (C=N–C) groups is 1. The molecule has 1 unspecified atom stereocenters. The Labute approximate surface area is 208 Å². The molecule has 1 atom stereocenters. The van der Waals surface area contributed by atoms with Crippen LogP contribution in [0.2, 0.25) is 0 Å². The number of benzene rings is 1. The first-order valence-corrected chi connectivity index (χ1v) is 10.9. The van der Waals surface area contributed by atoms with E-state index in [0.29, 0.717) is 12.6 Å². The number of aryl methyl sites for hydroxylation is 2. The summed E-state index contributed by atoms with van der Waals surface area (Å²) in [7, 11) is 5.35. The van der Waals surface area contributed by atoms with Gasteiger partial charge in [-0.05, 0) is 44.9 Å². The number of nitrogens with one attached hydrogen (secondary N) is 2. The summed E-state index contributed by atoms with van der Waals surface area (Å²) < 4.78 is 12.7. The van der Waals surface area contributed by atoms with Crippen LogP contribution < -0.4 is 20.1 Å². The summed E-state index contributed by atoms with van der Waals surface area (Å²) >= 11 is 0. The van der Waals surface area contributed by atoms with Gasteiger partial charge < -0.3 is 20.1 Å². The number of guanidine groups is 1. The van der Waals surface area contributed by atoms with E-state index in [1.54, 1.807) is 14.2 Å². The van der Waals surface area contributed by atoms with Crippen molar-refractivity contribution in [2.75, 3.05) is 33.9 Å². The second-order valence-electron chi connectivity index (χ2n) is 8.05. The van der Waals surface area contributed by atoms with Gasteiger partial charge in [0.05, 0.1) is 26.5 Å². The minimum absolute atomic E-state index is 0. The summed E-state index contributed by atoms with van der Waals surface area (Å²) in [6, 6.07) is 6.42. The minimum Gasteiger partial charge on any atom is -0.497 e. The summed E-state index contributed by atoms with van der Waals surface area (Å²) in [5.41, 5.74) is 4.60. The first-order valence-electron chi connectivity index (χ1n) is 10.9. The van der Waals surface area contributed by atoms with Crippen LogP contribution in [0.4, 0.5) is 0 Å². The standard InChI is InChI=1S/C23H36N6O2.HI/c1-7-24-23(25-13-22-16(2)27-28(4)17(22)3)26-19-8-9-29(15-19)14-18-10-20(30-5)12-21(11-18)31-6;/h10-12,19H,7-9,13-15H2,1-6H3,(H2,24,25,26);1H. The average molecular weight is 556 g/mol. The maximum absolute atomic E-state index is 5.40. The molecular formula is C23H37IN6O2. The molecule has 9 heteroatoms. The normalized spacial score (nSPS) is 16.6. The molecule has 0 radical (unpaired) electrons. The number of rotatable bonds is 8. The van der Waals surface area contributed by atoms with E-state index < -0.39 is 0 Å². The number of hydrogen-bond acceptors (Lipinski definition) is 5. The molecule has 2 aromatic rings. The van der Waals surface area contributed by atoms with Gasteiger partial charge >= 0.3 is 0 Å². The van der Waals surface area contributed by atoms with Gasteiger partial charge in [0.2, 0.25) is 0 Å². The summed E-state index contributed by atoms with van der Waals surface area (Å²) in [6.07, 6.45) is 1.08. The molecular weight excluding hydrogens is 519 g/mol. The Kier molecular flexibility index (Phi) is 10.1. The molecule has 1 aliphatic rings. The van der Waals surface area contributed by atoms with Crippen LogP contribution in [0.5, 0.6) is 11.5 Å². The van der Waals surface area contributed by atoms with Gasteiger partial charge in [0.15, 0.2) is 5.96 Å². The summed E-state index contributed by atoms with van der Waals surface area (Å²) in [4.78, 5) is 7.28. The van der Waals surface area contributed by atoms with Crippen LogP contribution in [0, 0.1) is 13.8 Å². The monoisotopic (exact) mass is 556 g/mol. The van der Waals surface area contributed by atoms with Crippen molar-refractivity contribution < 1.29 is 9.47 Å². The van der Waals surface area contributed by atoms with Crippen molar-refractivity contribution in [3.63, 3.8) is 0 Å². The zero-order valence-electron chi connectivity index (χ0n) is 20.1. The zero-order valence-corrected chi connectivity index (χ0v) is 22.4. The van der Waals surface area contributed by atoms with Gasteiger partial charge in [-0.1, -0.05) is 0 Å². The lowest BCUT2D eigenvalue weighted by Crippen LogP contribution is -2.44. The fraction of sp³-hybridized carbons (Fsp3) is 0.565. The number of nitrogens with zero attached hydrogens (tertiary/aromatic N) is 4. The van der Waals surface area contributed by atoms with Gasteiger partial charge in [-0.3, -0.25) is 9.58 Å². The molecule has 32 heavy (non-hydrogen) atoms. The van der Waals surface area contributed by atoms with Gasteiger partial charge in [-0.2, -0.15) is 5.10 Å². The van der Waals surface area contributed by atoms with E-state index in [0.717, 1.165) is 61.4 Å². The van der Waals surface area contributed by atoms with Crippen LogP contribution in [-0.4, -0.2) is 60.5 Å². The van der Waals surface area contributed by atoms with Crippen molar-refractivity contribution in [1.29, 1.82) is 0 Å². The minimum atomic E-state index is 0. The number of methoxy groups -OCH3 is 2. The lowest BCUT2D eigenvalue weighted by Gasteiger charge is -2.19. The molecule has 0 saturated carbocycles. The van der Waals surface area contributed by atoms with Gasteiger partial charge in [0.1, 0.15) is 11.5 Å². The average Bonchev–Trinajstić information content (AvgIpc) is 3.29. The Hall–Kier alpha value is -2.01. The van der Waals surface area contributed by atoms with Crippen LogP contribution in [0.3, 0.4) is 0 Å². The molecule has 1 fully saturated rings. The van der Waals surface area contributed by atoms with Crippen LogP contribution in [0.25, 0.3) is 0 Å². The highest BCUT2D eigenvalue weighted by Gasteiger charge is 2.23. The molecule has 1 aromatic heterocycles. The second-order valence-corrected chi connectivity index (χ2v) is 8.05. The third kappa shape index (κ3) is 6.74. The zero-order chi connectivity index (χ0) is 22.4. The van der Waals surface area contributed by atoms with Gasteiger partial charge in [0.25, 0.3) is 0 Å². The maximum atomic E-state index is 5.40. The first kappa shape index (κ1) is 26.2. The number of aromatic nitrogens is 2. The van der Waals surface area contributed by atoms with E-state index in [9.17, 15) is 0 Å². The van der Waals surface area contributed by atoms with Crippen LogP contribution in [0.1, 0.15) is 35.9 Å². The van der Waals surface area contributed by atoms with E-state index in [1.807, 2.05) is 24.7 Å². The fourth-order valence-electron chi connectivity index (χ4n) is 4.03. The van der Waals surface area contributed by atoms with Gasteiger partial charge in [-0.15, -0.1) is 24.0 Å². The highest BCUT2D eigenvalue weighted by atomic mass is 127. The van der Waals surface area contributed by atoms with Gasteiger partial charge in [0, 0.05) is 56.6 Å². The number of halogens is 1. The highest BCUT2D eigenvalue weighted by Crippen LogP contribution is 2.24. The van der Waals surface area contributed by atoms with Crippen LogP contribution in [-0.2, 0) is 20.1 Å². The number of likely N-dealkylation sites (tertiary alicyclic amines) is 1. The van der Waals surface area contributed by atoms with Crippen molar-refractivity contribution >= 4 is 29.9 Å². The van der Waals surface area contributed by atoms with Crippen LogP contribution in [0.15, 0.2) is 23.2 Å². The predicted octanol–water partition coefficient (Wildman–Crippen LogP) is 3.00. The number of hydrogen-bond donors (Lipinski definition) is 2. The molecule has 3 rings (SSSR count). The van der Waals surface area contributed by atoms with Crippen LogP contribution >= 0.6 is 24.0 Å². The SMILES string of the molecule is CCNC(=NCc1c(C)nn(C)c1C)NC1CCN(Cc2cc(OC)cc(OC)c2)C1.I. The largest absolute Gasteiger partial charge is 0.497 e. The van der Waals surface area contributed by atoms with E-state index in [4.69, 9.17) is 14.5 Å². The molecule has 178 valence electrons. The maximum Gasteiger partial charge on any atom is 0.191 e. The molecule has 1 aliphatic heterocycles. The molecule has 1 aromatic carbocycles. The Morgan fingerprint density at radius 1 is 1.19 bits per heavy atom. The fourth-order valence-corrected chi connectivity index (χ4v) is 4.03. The molecule has 0 bridgehead atoms. The second kappa shape index (κ2) is 12.3. The summed E-state index contributed by atoms with van der Waals surface area (Å²) in [5, 5.41) is 11.5. The summed E-state index contributed by atoms with van der Waals surface area (Å²) in [6.45, 7) is 10.6. The molecule has 8 nitrogen and oxygen atoms in total. The first-order chi connectivity index (χ1) is 14.9. The highest BCUT2D eigenvalue weighted by molar-refractivity contribution is 14.0. The molecule has 2 N–H and O–H groups in total. The third-order valence-corrected chi connectivity index (χ3v) is 5.83. The lowest BCUT2D eigenvalue weighted by atomic mass is 10.2. The lowest BCUT2D eigenvalue weighted by molar-refractivity contribution is 0.321. The molecule has 2 heterocycles. The van der Waals surface area contributed by atoms with E-state index >= 15 is 0 Å².